The Morgan fingerprint density at radius 2 is 1.81 bits per heavy atom. The normalized spacial score (nSPS) is 10.4. The number of carbonyl (C=O) groups is 2. The fourth-order valence-corrected chi connectivity index (χ4v) is 2.87. The van der Waals surface area contributed by atoms with Crippen molar-refractivity contribution < 1.29 is 19.1 Å². The van der Waals surface area contributed by atoms with Gasteiger partial charge >= 0.3 is 5.97 Å². The Labute approximate surface area is 180 Å². The van der Waals surface area contributed by atoms with Gasteiger partial charge in [0.1, 0.15) is 5.75 Å². The number of nitrogens with one attached hydrogen (secondary N) is 1. The maximum Gasteiger partial charge on any atom is 0.306 e. The quantitative estimate of drug-likeness (QED) is 0.374. The van der Waals surface area contributed by atoms with Crippen LogP contribution in [0.3, 0.4) is 0 Å². The molecule has 1 N–H and O–H groups in total. The lowest BCUT2D eigenvalue weighted by Gasteiger charge is -2.09. The molecule has 144 valence electrons. The fourth-order valence-electron chi connectivity index (χ4n) is 1.98. The van der Waals surface area contributed by atoms with Crippen LogP contribution in [0.2, 0.25) is 15.1 Å². The summed E-state index contributed by atoms with van der Waals surface area (Å²) >= 11 is 21.0. The first kappa shape index (κ1) is 21.8. The Morgan fingerprint density at radius 3 is 2.52 bits per heavy atom. The van der Waals surface area contributed by atoms with Gasteiger partial charge in [0.2, 0.25) is 0 Å². The first-order valence-corrected chi connectivity index (χ1v) is 9.76. The highest BCUT2D eigenvalue weighted by Crippen LogP contribution is 2.27. The molecule has 0 heterocycles. The van der Waals surface area contributed by atoms with E-state index in [-0.39, 0.29) is 19.6 Å². The highest BCUT2D eigenvalue weighted by Gasteiger charge is 2.09. The zero-order valence-corrected chi connectivity index (χ0v) is 17.8. The summed E-state index contributed by atoms with van der Waals surface area (Å²) in [6.45, 7) is -0.101. The van der Waals surface area contributed by atoms with Crippen LogP contribution in [0, 0.1) is 0 Å². The van der Waals surface area contributed by atoms with Gasteiger partial charge in [-0.25, -0.2) is 0 Å². The maximum absolute atomic E-state index is 11.8. The van der Waals surface area contributed by atoms with E-state index >= 15 is 0 Å². The van der Waals surface area contributed by atoms with Crippen molar-refractivity contribution in [2.75, 3.05) is 18.5 Å². The van der Waals surface area contributed by atoms with E-state index in [0.717, 1.165) is 4.47 Å². The SMILES string of the molecule is O=C(COC(=O)CCCOc1ccc(Cl)cc1Cl)Nc1ccc(Br)c(Cl)c1. The van der Waals surface area contributed by atoms with Crippen molar-refractivity contribution in [3.63, 3.8) is 0 Å². The molecule has 9 heteroatoms. The van der Waals surface area contributed by atoms with Crippen LogP contribution >= 0.6 is 50.7 Å². The first-order chi connectivity index (χ1) is 12.8. The van der Waals surface area contributed by atoms with Gasteiger partial charge in [-0.15, -0.1) is 0 Å². The standard InChI is InChI=1S/C18H15BrCl3NO4/c19-13-5-4-12(9-14(13)21)23-17(24)10-27-18(25)2-1-7-26-16-6-3-11(20)8-15(16)22/h3-6,8-9H,1-2,7,10H2,(H,23,24). The minimum atomic E-state index is -0.496. The number of ether oxygens (including phenoxy) is 2. The lowest BCUT2D eigenvalue weighted by atomic mass is 10.3. The highest BCUT2D eigenvalue weighted by atomic mass is 79.9. The van der Waals surface area contributed by atoms with Gasteiger partial charge in [0.15, 0.2) is 6.61 Å². The number of anilines is 1. The number of esters is 1. The van der Waals surface area contributed by atoms with Crippen LogP contribution in [-0.4, -0.2) is 25.1 Å². The molecule has 0 aromatic heterocycles. The van der Waals surface area contributed by atoms with Crippen LogP contribution in [0.25, 0.3) is 0 Å². The molecule has 0 spiro atoms. The first-order valence-electron chi connectivity index (χ1n) is 7.83. The van der Waals surface area contributed by atoms with Crippen molar-refractivity contribution in [1.82, 2.24) is 0 Å². The molecular weight excluding hydrogens is 480 g/mol. The molecule has 5 nitrogen and oxygen atoms in total. The van der Waals surface area contributed by atoms with E-state index in [9.17, 15) is 9.59 Å². The molecule has 0 saturated heterocycles. The predicted molar refractivity (Wildman–Crippen MR) is 110 cm³/mol. The summed E-state index contributed by atoms with van der Waals surface area (Å²) in [5.74, 6) is -0.460. The monoisotopic (exact) mass is 493 g/mol. The van der Waals surface area contributed by atoms with E-state index in [1.807, 2.05) is 0 Å². The molecule has 0 fully saturated rings. The van der Waals surface area contributed by atoms with E-state index in [4.69, 9.17) is 44.3 Å². The number of carbonyl (C=O) groups excluding carboxylic acids is 2. The Balaban J connectivity index is 1.65. The minimum absolute atomic E-state index is 0.114. The summed E-state index contributed by atoms with van der Waals surface area (Å²) in [4.78, 5) is 23.5. The number of rotatable bonds is 8. The minimum Gasteiger partial charge on any atom is -0.492 e. The van der Waals surface area contributed by atoms with Gasteiger partial charge in [-0.3, -0.25) is 9.59 Å². The van der Waals surface area contributed by atoms with E-state index < -0.39 is 11.9 Å². The van der Waals surface area contributed by atoms with Gasteiger partial charge in [0, 0.05) is 21.6 Å². The molecule has 27 heavy (non-hydrogen) atoms. The molecule has 0 radical (unpaired) electrons. The molecule has 0 saturated carbocycles. The number of hydrogen-bond acceptors (Lipinski definition) is 4. The third-order valence-electron chi connectivity index (χ3n) is 3.24. The summed E-state index contributed by atoms with van der Waals surface area (Å²) in [5, 5.41) is 3.97. The van der Waals surface area contributed by atoms with Gasteiger partial charge in [-0.2, -0.15) is 0 Å². The van der Waals surface area contributed by atoms with E-state index in [2.05, 4.69) is 21.2 Å². The molecule has 0 unspecified atom stereocenters. The van der Waals surface area contributed by atoms with Crippen molar-refractivity contribution in [3.8, 4) is 5.75 Å². The Hall–Kier alpha value is -1.47. The molecule has 0 aliphatic rings. The molecule has 1 amide bonds. The van der Waals surface area contributed by atoms with Crippen molar-refractivity contribution in [3.05, 3.63) is 55.9 Å². The summed E-state index contributed by atoms with van der Waals surface area (Å²) < 4.78 is 11.1. The fraction of sp³-hybridized carbons (Fsp3) is 0.222. The summed E-state index contributed by atoms with van der Waals surface area (Å²) in [6.07, 6.45) is 0.532. The van der Waals surface area contributed by atoms with Crippen LogP contribution < -0.4 is 10.1 Å². The third-order valence-corrected chi connectivity index (χ3v) is 5.01. The molecule has 0 aliphatic carbocycles. The second-order valence-electron chi connectivity index (χ2n) is 5.36. The largest absolute Gasteiger partial charge is 0.492 e. The van der Waals surface area contributed by atoms with Crippen molar-refractivity contribution >= 4 is 68.3 Å². The van der Waals surface area contributed by atoms with Crippen LogP contribution in [0.5, 0.6) is 5.75 Å². The van der Waals surface area contributed by atoms with Crippen LogP contribution in [-0.2, 0) is 14.3 Å². The zero-order valence-electron chi connectivity index (χ0n) is 13.9. The smallest absolute Gasteiger partial charge is 0.306 e. The molecule has 2 aromatic carbocycles. The van der Waals surface area contributed by atoms with E-state index in [1.165, 1.54) is 0 Å². The molecule has 2 rings (SSSR count). The van der Waals surface area contributed by atoms with E-state index in [0.29, 0.717) is 32.9 Å². The summed E-state index contributed by atoms with van der Waals surface area (Å²) in [6, 6.07) is 9.86. The summed E-state index contributed by atoms with van der Waals surface area (Å²) in [7, 11) is 0. The lowest BCUT2D eigenvalue weighted by molar-refractivity contribution is -0.147. The average molecular weight is 496 g/mol. The van der Waals surface area contributed by atoms with Crippen molar-refractivity contribution in [2.24, 2.45) is 0 Å². The molecular formula is C18H15BrCl3NO4. The Kier molecular flexibility index (Phi) is 8.70. The van der Waals surface area contributed by atoms with Crippen molar-refractivity contribution in [1.29, 1.82) is 0 Å². The predicted octanol–water partition coefficient (Wildman–Crippen LogP) is 5.75. The summed E-state index contributed by atoms with van der Waals surface area (Å²) in [5.41, 5.74) is 0.512. The van der Waals surface area contributed by atoms with E-state index in [1.54, 1.807) is 36.4 Å². The van der Waals surface area contributed by atoms with Crippen LogP contribution in [0.15, 0.2) is 40.9 Å². The van der Waals surface area contributed by atoms with Crippen LogP contribution in [0.1, 0.15) is 12.8 Å². The van der Waals surface area contributed by atoms with Gasteiger partial charge in [0.05, 0.1) is 16.7 Å². The van der Waals surface area contributed by atoms with Crippen LogP contribution in [0.4, 0.5) is 5.69 Å². The molecule has 2 aromatic rings. The Bertz CT molecular complexity index is 832. The number of hydrogen-bond donors (Lipinski definition) is 1. The van der Waals surface area contributed by atoms with Crippen molar-refractivity contribution in [2.45, 2.75) is 12.8 Å². The third kappa shape index (κ3) is 7.58. The topological polar surface area (TPSA) is 64.6 Å². The number of benzene rings is 2. The van der Waals surface area contributed by atoms with Gasteiger partial charge < -0.3 is 14.8 Å². The molecule has 0 bridgehead atoms. The second kappa shape index (κ2) is 10.8. The van der Waals surface area contributed by atoms with Gasteiger partial charge in [-0.05, 0) is 58.7 Å². The maximum atomic E-state index is 11.8. The molecule has 0 atom stereocenters. The molecule has 0 aliphatic heterocycles. The second-order valence-corrected chi connectivity index (χ2v) is 7.47. The number of amides is 1. The average Bonchev–Trinajstić information content (AvgIpc) is 2.61. The van der Waals surface area contributed by atoms with Gasteiger partial charge in [0.25, 0.3) is 5.91 Å². The number of halogens is 4. The highest BCUT2D eigenvalue weighted by molar-refractivity contribution is 9.10. The van der Waals surface area contributed by atoms with Gasteiger partial charge in [-0.1, -0.05) is 34.8 Å². The lowest BCUT2D eigenvalue weighted by Crippen LogP contribution is -2.21. The zero-order chi connectivity index (χ0) is 19.8. The Morgan fingerprint density at radius 1 is 1.04 bits per heavy atom.